The van der Waals surface area contributed by atoms with E-state index in [1.165, 1.54) is 21.4 Å². The topological polar surface area (TPSA) is 74.4 Å². The Bertz CT molecular complexity index is 1040. The van der Waals surface area contributed by atoms with E-state index in [2.05, 4.69) is 35.4 Å². The van der Waals surface area contributed by atoms with Crippen molar-refractivity contribution in [2.24, 2.45) is 0 Å². The molecule has 1 aliphatic rings. The quantitative estimate of drug-likeness (QED) is 0.606. The number of aromatic amines is 1. The molecule has 1 fully saturated rings. The summed E-state index contributed by atoms with van der Waals surface area (Å²) in [6, 6.07) is 12.9. The van der Waals surface area contributed by atoms with Gasteiger partial charge in [-0.1, -0.05) is 11.6 Å². The molecule has 2 amide bonds. The number of carbonyl (C=O) groups is 2. The van der Waals surface area contributed by atoms with Crippen molar-refractivity contribution in [3.8, 4) is 5.75 Å². The van der Waals surface area contributed by atoms with Crippen LogP contribution in [0.2, 0.25) is 0 Å². The second-order valence-corrected chi connectivity index (χ2v) is 7.32. The Hall–Kier alpha value is -3.12. The largest absolute Gasteiger partial charge is 0.494 e. The molecule has 1 atom stereocenters. The van der Waals surface area contributed by atoms with E-state index in [0.717, 1.165) is 17.7 Å². The first-order valence-corrected chi connectivity index (χ1v) is 9.96. The van der Waals surface area contributed by atoms with Gasteiger partial charge in [0.1, 0.15) is 5.75 Å². The number of nitrogens with zero attached hydrogens (tertiary/aromatic N) is 1. The van der Waals surface area contributed by atoms with E-state index in [9.17, 15) is 9.59 Å². The van der Waals surface area contributed by atoms with Crippen molar-refractivity contribution in [2.75, 3.05) is 18.1 Å². The predicted molar refractivity (Wildman–Crippen MR) is 113 cm³/mol. The van der Waals surface area contributed by atoms with E-state index in [0.29, 0.717) is 18.8 Å². The lowest BCUT2D eigenvalue weighted by Crippen LogP contribution is -2.39. The van der Waals surface area contributed by atoms with Crippen molar-refractivity contribution in [1.29, 1.82) is 0 Å². The van der Waals surface area contributed by atoms with Crippen LogP contribution < -0.4 is 15.0 Å². The zero-order valence-electron chi connectivity index (χ0n) is 16.7. The van der Waals surface area contributed by atoms with Gasteiger partial charge in [-0.25, -0.2) is 4.90 Å². The lowest BCUT2D eigenvalue weighted by atomic mass is 10.1. The Kier molecular flexibility index (Phi) is 5.36. The Morgan fingerprint density at radius 3 is 2.72 bits per heavy atom. The van der Waals surface area contributed by atoms with Gasteiger partial charge in [-0.15, -0.1) is 0 Å². The molecule has 0 bridgehead atoms. The van der Waals surface area contributed by atoms with Crippen LogP contribution in [-0.4, -0.2) is 36.0 Å². The van der Waals surface area contributed by atoms with Crippen LogP contribution in [0.25, 0.3) is 10.9 Å². The average molecular weight is 391 g/mol. The van der Waals surface area contributed by atoms with E-state index in [1.54, 1.807) is 24.3 Å². The molecule has 1 aromatic heterocycles. The van der Waals surface area contributed by atoms with Crippen molar-refractivity contribution in [2.45, 2.75) is 32.7 Å². The summed E-state index contributed by atoms with van der Waals surface area (Å²) in [5.41, 5.74) is 4.12. The highest BCUT2D eigenvalue weighted by atomic mass is 16.5. The first-order valence-electron chi connectivity index (χ1n) is 9.96. The summed E-state index contributed by atoms with van der Waals surface area (Å²) in [5.74, 6) is 0.340. The lowest BCUT2D eigenvalue weighted by Gasteiger charge is -2.16. The van der Waals surface area contributed by atoms with Crippen molar-refractivity contribution >= 4 is 28.4 Å². The number of fused-ring (bicyclic) bond motifs is 1. The molecule has 2 N–H and O–H groups in total. The summed E-state index contributed by atoms with van der Waals surface area (Å²) in [6.45, 7) is 5.19. The van der Waals surface area contributed by atoms with Gasteiger partial charge in [0, 0.05) is 23.6 Å². The van der Waals surface area contributed by atoms with Crippen molar-refractivity contribution in [1.82, 2.24) is 10.3 Å². The summed E-state index contributed by atoms with van der Waals surface area (Å²) in [5, 5.41) is 4.47. The van der Waals surface area contributed by atoms with Crippen LogP contribution in [-0.2, 0) is 16.0 Å². The first kappa shape index (κ1) is 19.2. The lowest BCUT2D eigenvalue weighted by molar-refractivity contribution is -0.121. The number of imide groups is 1. The highest BCUT2D eigenvalue weighted by molar-refractivity contribution is 6.22. The standard InChI is InChI=1S/C23H25N3O3/c1-3-29-18-7-5-17(6-8-18)26-22(27)13-21(23(26)28)24-11-10-16-14-25-20-9-4-15(2)12-19(16)20/h4-9,12,14,21,24-25H,3,10-11,13H2,1-2H3. The third-order valence-electron chi connectivity index (χ3n) is 5.26. The number of aryl methyl sites for hydroxylation is 1. The normalized spacial score (nSPS) is 16.8. The number of amides is 2. The number of anilines is 1. The number of hydrogen-bond acceptors (Lipinski definition) is 4. The van der Waals surface area contributed by atoms with E-state index in [-0.39, 0.29) is 18.2 Å². The molecule has 1 unspecified atom stereocenters. The number of hydrogen-bond donors (Lipinski definition) is 2. The van der Waals surface area contributed by atoms with Gasteiger partial charge in [0.2, 0.25) is 5.91 Å². The Balaban J connectivity index is 1.39. The van der Waals surface area contributed by atoms with Crippen molar-refractivity contribution in [3.63, 3.8) is 0 Å². The summed E-state index contributed by atoms with van der Waals surface area (Å²) in [4.78, 5) is 29.8. The highest BCUT2D eigenvalue weighted by Gasteiger charge is 2.39. The number of rotatable bonds is 7. The maximum absolute atomic E-state index is 12.8. The zero-order chi connectivity index (χ0) is 20.4. The van der Waals surface area contributed by atoms with Gasteiger partial charge >= 0.3 is 0 Å². The van der Waals surface area contributed by atoms with Gasteiger partial charge in [0.25, 0.3) is 5.91 Å². The monoisotopic (exact) mass is 391 g/mol. The molecule has 4 rings (SSSR count). The number of benzene rings is 2. The molecule has 2 aromatic carbocycles. The first-order chi connectivity index (χ1) is 14.1. The van der Waals surface area contributed by atoms with Gasteiger partial charge in [0.05, 0.1) is 24.8 Å². The molecule has 0 spiro atoms. The molecule has 0 aliphatic carbocycles. The molecular weight excluding hydrogens is 366 g/mol. The molecule has 29 heavy (non-hydrogen) atoms. The molecular formula is C23H25N3O3. The minimum absolute atomic E-state index is 0.180. The number of H-pyrrole nitrogens is 1. The van der Waals surface area contributed by atoms with E-state index in [4.69, 9.17) is 4.74 Å². The molecule has 3 aromatic rings. The SMILES string of the molecule is CCOc1ccc(N2C(=O)CC(NCCc3c[nH]c4ccc(C)cc34)C2=O)cc1. The van der Waals surface area contributed by atoms with Crippen LogP contribution in [0.5, 0.6) is 5.75 Å². The predicted octanol–water partition coefficient (Wildman–Crippen LogP) is 3.34. The van der Waals surface area contributed by atoms with Gasteiger partial charge in [-0.05, 0) is 62.2 Å². The number of nitrogens with one attached hydrogen (secondary N) is 2. The fraction of sp³-hybridized carbons (Fsp3) is 0.304. The second kappa shape index (κ2) is 8.09. The van der Waals surface area contributed by atoms with E-state index >= 15 is 0 Å². The molecule has 6 heteroatoms. The van der Waals surface area contributed by atoms with Crippen LogP contribution >= 0.6 is 0 Å². The Morgan fingerprint density at radius 2 is 1.97 bits per heavy atom. The third kappa shape index (κ3) is 3.89. The number of carbonyl (C=O) groups excluding carboxylic acids is 2. The van der Waals surface area contributed by atoms with Crippen LogP contribution in [0.3, 0.4) is 0 Å². The van der Waals surface area contributed by atoms with Gasteiger partial charge < -0.3 is 15.0 Å². The summed E-state index contributed by atoms with van der Waals surface area (Å²) in [6.07, 6.45) is 2.98. The number of ether oxygens (including phenoxy) is 1. The van der Waals surface area contributed by atoms with E-state index < -0.39 is 6.04 Å². The molecule has 0 radical (unpaired) electrons. The maximum atomic E-state index is 12.8. The molecule has 2 heterocycles. The van der Waals surface area contributed by atoms with Gasteiger partial charge in [0.15, 0.2) is 0 Å². The number of aromatic nitrogens is 1. The molecule has 0 saturated carbocycles. The van der Waals surface area contributed by atoms with E-state index in [1.807, 2.05) is 13.1 Å². The molecule has 1 aliphatic heterocycles. The Labute approximate surface area is 169 Å². The molecule has 6 nitrogen and oxygen atoms in total. The molecule has 150 valence electrons. The highest BCUT2D eigenvalue weighted by Crippen LogP contribution is 2.25. The minimum Gasteiger partial charge on any atom is -0.494 e. The van der Waals surface area contributed by atoms with Crippen LogP contribution in [0.1, 0.15) is 24.5 Å². The van der Waals surface area contributed by atoms with Gasteiger partial charge in [-0.3, -0.25) is 9.59 Å². The fourth-order valence-electron chi connectivity index (χ4n) is 3.80. The van der Waals surface area contributed by atoms with Crippen molar-refractivity contribution < 1.29 is 14.3 Å². The zero-order valence-corrected chi connectivity index (χ0v) is 16.7. The summed E-state index contributed by atoms with van der Waals surface area (Å²) >= 11 is 0. The van der Waals surface area contributed by atoms with Crippen molar-refractivity contribution in [3.05, 3.63) is 59.8 Å². The summed E-state index contributed by atoms with van der Waals surface area (Å²) < 4.78 is 5.42. The Morgan fingerprint density at radius 1 is 1.17 bits per heavy atom. The fourth-order valence-corrected chi connectivity index (χ4v) is 3.80. The smallest absolute Gasteiger partial charge is 0.251 e. The third-order valence-corrected chi connectivity index (χ3v) is 5.26. The minimum atomic E-state index is -0.485. The van der Waals surface area contributed by atoms with Crippen LogP contribution in [0.4, 0.5) is 5.69 Å². The van der Waals surface area contributed by atoms with Crippen LogP contribution in [0, 0.1) is 6.92 Å². The van der Waals surface area contributed by atoms with Crippen LogP contribution in [0.15, 0.2) is 48.7 Å². The van der Waals surface area contributed by atoms with Gasteiger partial charge in [-0.2, -0.15) is 0 Å². The average Bonchev–Trinajstić information content (AvgIpc) is 3.23. The summed E-state index contributed by atoms with van der Waals surface area (Å²) in [7, 11) is 0. The second-order valence-electron chi connectivity index (χ2n) is 7.32. The maximum Gasteiger partial charge on any atom is 0.251 e. The molecule has 1 saturated heterocycles.